The van der Waals surface area contributed by atoms with Crippen LogP contribution in [-0.2, 0) is 54.3 Å². The highest BCUT2D eigenvalue weighted by molar-refractivity contribution is 7.86. The lowest BCUT2D eigenvalue weighted by Gasteiger charge is -2.06. The number of benzene rings is 2. The molecular weight excluding hydrogens is 825 g/mol. The molecule has 3 heterocycles. The Morgan fingerprint density at radius 2 is 1.31 bits per heavy atom. The first-order chi connectivity index (χ1) is 27.1. The fourth-order valence-electron chi connectivity index (χ4n) is 3.84. The molecule has 0 saturated carbocycles. The van der Waals surface area contributed by atoms with Gasteiger partial charge in [-0.1, -0.05) is 0 Å². The molecule has 5 rings (SSSR count). The van der Waals surface area contributed by atoms with E-state index in [1.54, 1.807) is 12.5 Å². The van der Waals surface area contributed by atoms with Crippen LogP contribution in [-0.4, -0.2) is 102 Å². The van der Waals surface area contributed by atoms with Crippen LogP contribution in [0.5, 0.6) is 11.5 Å². The third kappa shape index (κ3) is 21.8. The van der Waals surface area contributed by atoms with Crippen molar-refractivity contribution < 1.29 is 68.2 Å². The second-order valence-electron chi connectivity index (χ2n) is 11.0. The molecule has 1 aliphatic heterocycles. The number of nitrogens with zero attached hydrogens (tertiary/aromatic N) is 8. The summed E-state index contributed by atoms with van der Waals surface area (Å²) in [5.41, 5.74) is -1.79. The van der Waals surface area contributed by atoms with Crippen molar-refractivity contribution in [2.45, 2.75) is 19.4 Å². The number of hydrogen-bond donors (Lipinski definition) is 0. The first-order valence-electron chi connectivity index (χ1n) is 16.1. The Balaban J connectivity index is 0.000000414. The molecule has 1 fully saturated rings. The molecule has 0 atom stereocenters. The van der Waals surface area contributed by atoms with Gasteiger partial charge in [0.15, 0.2) is 11.5 Å². The number of ether oxygens (including phenoxy) is 3. The Labute approximate surface area is 330 Å². The van der Waals surface area contributed by atoms with Crippen LogP contribution in [0.1, 0.15) is 12.8 Å². The van der Waals surface area contributed by atoms with Gasteiger partial charge in [-0.05, 0) is 25.0 Å². The summed E-state index contributed by atoms with van der Waals surface area (Å²) in [5, 5.41) is 42.8. The number of nitro benzene ring substituents is 4. The summed E-state index contributed by atoms with van der Waals surface area (Å²) in [4.78, 5) is 43.6. The van der Waals surface area contributed by atoms with Gasteiger partial charge in [0.1, 0.15) is 38.8 Å². The topological polar surface area (TPSA) is 337 Å². The van der Waals surface area contributed by atoms with Gasteiger partial charge in [-0.25, -0.2) is 22.5 Å². The Kier molecular flexibility index (Phi) is 21.6. The predicted molar refractivity (Wildman–Crippen MR) is 197 cm³/mol. The Bertz CT molecular complexity index is 2140. The Morgan fingerprint density at radius 1 is 0.810 bits per heavy atom. The van der Waals surface area contributed by atoms with E-state index in [-0.39, 0.29) is 37.0 Å². The van der Waals surface area contributed by atoms with Gasteiger partial charge in [-0.15, -0.1) is 0 Å². The first kappa shape index (κ1) is 49.8. The molecule has 2 aromatic heterocycles. The van der Waals surface area contributed by atoms with Crippen molar-refractivity contribution >= 4 is 43.3 Å². The molecule has 0 amide bonds. The van der Waals surface area contributed by atoms with Gasteiger partial charge in [-0.3, -0.25) is 48.8 Å². The van der Waals surface area contributed by atoms with Gasteiger partial charge in [0.05, 0.1) is 58.6 Å². The van der Waals surface area contributed by atoms with Crippen LogP contribution in [0.2, 0.25) is 0 Å². The van der Waals surface area contributed by atoms with E-state index in [0.717, 1.165) is 50.8 Å². The van der Waals surface area contributed by atoms with Crippen LogP contribution in [0.4, 0.5) is 22.7 Å². The molecule has 1 aliphatic rings. The highest BCUT2D eigenvalue weighted by Crippen LogP contribution is 2.32. The highest BCUT2D eigenvalue weighted by Gasteiger charge is 2.22. The van der Waals surface area contributed by atoms with Crippen LogP contribution in [0.15, 0.2) is 73.8 Å². The summed E-state index contributed by atoms with van der Waals surface area (Å²) in [5.74, 6) is -0.195. The molecule has 0 spiro atoms. The van der Waals surface area contributed by atoms with Gasteiger partial charge in [0.2, 0.25) is 16.7 Å². The zero-order valence-electron chi connectivity index (χ0n) is 31.3. The summed E-state index contributed by atoms with van der Waals surface area (Å²) in [6.07, 6.45) is 14.3. The Hall–Kier alpha value is -6.20. The van der Waals surface area contributed by atoms with Crippen LogP contribution in [0.25, 0.3) is 0 Å². The van der Waals surface area contributed by atoms with Crippen molar-refractivity contribution in [1.82, 2.24) is 14.1 Å². The number of nitro groups is 4. The standard InChI is InChI=1S/C12H13N4O5.C9H10N2O8S.C4H6N2.C4H8O.CH4O4S/c1-13-4-5-14(9-13)6-7-21-12-3-2-10(15(17)18)8-11(12)16(19)20;1-20(16,17)19-5-4-18-9-3-2-7(10(12)13)6-8(9)11(14)15;1-6-3-2-5-4-6;1-2-4-5-3-1;1-5-6(2,3)4/h2-5,8-9H,6-7H2,1H3;2-3,6H,4-5H2,1H3;2-4H,1H3;1-4H2;1H3,(H,2,3,4)/q+1;;;;/p-1. The van der Waals surface area contributed by atoms with Crippen molar-refractivity contribution in [3.05, 3.63) is 114 Å². The highest BCUT2D eigenvalue weighted by atomic mass is 32.3. The summed E-state index contributed by atoms with van der Waals surface area (Å²) in [6.45, 7) is 2.14. The van der Waals surface area contributed by atoms with Crippen molar-refractivity contribution in [3.63, 3.8) is 0 Å². The van der Waals surface area contributed by atoms with Crippen molar-refractivity contribution in [2.24, 2.45) is 14.1 Å². The van der Waals surface area contributed by atoms with Gasteiger partial charge in [-0.2, -0.15) is 8.42 Å². The summed E-state index contributed by atoms with van der Waals surface area (Å²) < 4.78 is 77.6. The number of hydrogen-bond acceptors (Lipinski definition) is 19. The minimum atomic E-state index is -4.41. The van der Waals surface area contributed by atoms with Crippen LogP contribution >= 0.6 is 0 Å². The first-order valence-corrected chi connectivity index (χ1v) is 19.3. The van der Waals surface area contributed by atoms with E-state index in [0.29, 0.717) is 6.54 Å². The van der Waals surface area contributed by atoms with Crippen molar-refractivity contribution in [2.75, 3.05) is 46.4 Å². The second-order valence-corrected chi connectivity index (χ2v) is 13.8. The van der Waals surface area contributed by atoms with E-state index in [1.165, 1.54) is 25.0 Å². The van der Waals surface area contributed by atoms with E-state index in [4.69, 9.17) is 14.2 Å². The van der Waals surface area contributed by atoms with E-state index in [1.807, 2.05) is 52.7 Å². The summed E-state index contributed by atoms with van der Waals surface area (Å²) in [6, 6.07) is 6.18. The number of rotatable bonds is 14. The lowest BCUT2D eigenvalue weighted by molar-refractivity contribution is -0.671. The van der Waals surface area contributed by atoms with Crippen LogP contribution in [0, 0.1) is 40.5 Å². The number of aryl methyl sites for hydroxylation is 2. The Morgan fingerprint density at radius 3 is 1.62 bits per heavy atom. The van der Waals surface area contributed by atoms with E-state index in [2.05, 4.69) is 13.4 Å². The molecular formula is C30H40N8O18S2. The molecule has 0 bridgehead atoms. The summed E-state index contributed by atoms with van der Waals surface area (Å²) >= 11 is 0. The van der Waals surface area contributed by atoms with Gasteiger partial charge >= 0.3 is 11.4 Å². The predicted octanol–water partition coefficient (Wildman–Crippen LogP) is 2.38. The fraction of sp³-hybridized carbons (Fsp3) is 0.400. The fourth-order valence-corrected chi connectivity index (χ4v) is 4.21. The zero-order valence-corrected chi connectivity index (χ0v) is 33.0. The number of aromatic nitrogens is 4. The van der Waals surface area contributed by atoms with E-state index >= 15 is 0 Å². The van der Waals surface area contributed by atoms with Crippen molar-refractivity contribution in [1.29, 1.82) is 0 Å². The smallest absolute Gasteiger partial charge is 0.317 e. The summed E-state index contributed by atoms with van der Waals surface area (Å²) in [7, 11) is -3.42. The molecule has 28 heteroatoms. The largest absolute Gasteiger partial charge is 0.726 e. The molecule has 320 valence electrons. The monoisotopic (exact) mass is 864 g/mol. The third-order valence-corrected chi connectivity index (χ3v) is 7.44. The maximum absolute atomic E-state index is 10.9. The second kappa shape index (κ2) is 25.1. The lowest BCUT2D eigenvalue weighted by atomic mass is 10.2. The van der Waals surface area contributed by atoms with Gasteiger partial charge < -0.3 is 23.3 Å². The average Bonchev–Trinajstić information content (AvgIpc) is 3.96. The quantitative estimate of drug-likeness (QED) is 0.0334. The van der Waals surface area contributed by atoms with Crippen molar-refractivity contribution in [3.8, 4) is 11.5 Å². The van der Waals surface area contributed by atoms with Gasteiger partial charge in [0, 0.05) is 44.8 Å². The molecule has 26 nitrogen and oxygen atoms in total. The van der Waals surface area contributed by atoms with E-state index in [9.17, 15) is 61.8 Å². The third-order valence-electron chi connectivity index (χ3n) is 6.44. The van der Waals surface area contributed by atoms with Crippen LogP contribution in [0.3, 0.4) is 0 Å². The SMILES string of the molecule is C1CCOC1.COS(=O)(=O)[O-].CS(=O)(=O)OCCOc1ccc([N+](=O)[O-])cc1[N+](=O)[O-].C[n+]1ccn(CCOc2ccc([N+](=O)[O-])cc2[N+](=O)[O-])c1.Cn1ccnc1. The minimum absolute atomic E-state index is 0.0159. The minimum Gasteiger partial charge on any atom is -0.726 e. The molecule has 0 radical (unpaired) electrons. The maximum Gasteiger partial charge on any atom is 0.317 e. The molecule has 0 aliphatic carbocycles. The number of non-ortho nitro benzene ring substituents is 2. The molecule has 58 heavy (non-hydrogen) atoms. The molecule has 1 saturated heterocycles. The molecule has 0 unspecified atom stereocenters. The molecule has 0 N–H and O–H groups in total. The lowest BCUT2D eigenvalue weighted by Crippen LogP contribution is -2.24. The van der Waals surface area contributed by atoms with E-state index < -0.39 is 57.3 Å². The molecule has 4 aromatic rings. The normalized spacial score (nSPS) is 11.7. The van der Waals surface area contributed by atoms with Gasteiger partial charge in [0.25, 0.3) is 21.5 Å². The van der Waals surface area contributed by atoms with Crippen LogP contribution < -0.4 is 14.0 Å². The maximum atomic E-state index is 10.9. The molecule has 2 aromatic carbocycles. The zero-order chi connectivity index (χ0) is 43.9. The number of imidazole rings is 2. The average molecular weight is 865 g/mol.